The molecule has 2 amide bonds. The summed E-state index contributed by atoms with van der Waals surface area (Å²) in [4.78, 5) is 14.2. The Morgan fingerprint density at radius 3 is 2.83 bits per heavy atom. The highest BCUT2D eigenvalue weighted by atomic mass is 32.2. The summed E-state index contributed by atoms with van der Waals surface area (Å²) in [6, 6.07) is 8.21. The van der Waals surface area contributed by atoms with Gasteiger partial charge >= 0.3 is 6.03 Å². The van der Waals surface area contributed by atoms with Crippen molar-refractivity contribution in [2.24, 2.45) is 0 Å². The molecule has 126 valence electrons. The maximum atomic E-state index is 12.4. The number of benzene rings is 1. The van der Waals surface area contributed by atoms with Crippen LogP contribution in [0.5, 0.6) is 5.75 Å². The Bertz CT molecular complexity index is 583. The van der Waals surface area contributed by atoms with E-state index in [2.05, 4.69) is 11.4 Å². The monoisotopic (exact) mass is 336 g/mol. The second-order valence-corrected chi connectivity index (χ2v) is 7.94. The van der Waals surface area contributed by atoms with Crippen LogP contribution in [0.1, 0.15) is 30.7 Å². The number of carbonyl (C=O) groups excluding carboxylic acids is 1. The van der Waals surface area contributed by atoms with Crippen molar-refractivity contribution in [1.29, 1.82) is 0 Å². The molecule has 1 N–H and O–H groups in total. The van der Waals surface area contributed by atoms with Crippen molar-refractivity contribution in [3.05, 3.63) is 29.8 Å². The van der Waals surface area contributed by atoms with Crippen molar-refractivity contribution in [3.8, 4) is 5.75 Å². The number of ether oxygens (including phenoxy) is 1. The third-order valence-corrected chi connectivity index (χ3v) is 6.19. The molecule has 0 saturated carbocycles. The number of amides is 2. The largest absolute Gasteiger partial charge is 0.493 e. The fraction of sp³-hybridized carbons (Fsp3) is 0.588. The van der Waals surface area contributed by atoms with Crippen LogP contribution in [0.2, 0.25) is 0 Å². The first kappa shape index (κ1) is 16.3. The topological polar surface area (TPSA) is 58.6 Å². The zero-order valence-corrected chi connectivity index (χ0v) is 14.3. The number of fused-ring (bicyclic) bond motifs is 1. The fourth-order valence-corrected chi connectivity index (χ4v) is 4.57. The van der Waals surface area contributed by atoms with Crippen LogP contribution in [0.15, 0.2) is 24.3 Å². The maximum Gasteiger partial charge on any atom is 0.317 e. The van der Waals surface area contributed by atoms with Crippen LogP contribution in [-0.2, 0) is 10.8 Å². The number of nitrogens with one attached hydrogen (secondary N) is 1. The molecule has 0 bridgehead atoms. The van der Waals surface area contributed by atoms with Gasteiger partial charge in [-0.1, -0.05) is 18.2 Å². The van der Waals surface area contributed by atoms with Crippen molar-refractivity contribution >= 4 is 16.8 Å². The lowest BCUT2D eigenvalue weighted by Crippen LogP contribution is -2.47. The van der Waals surface area contributed by atoms with Gasteiger partial charge < -0.3 is 15.0 Å². The van der Waals surface area contributed by atoms with E-state index in [-0.39, 0.29) is 12.1 Å². The molecular weight excluding hydrogens is 312 g/mol. The highest BCUT2D eigenvalue weighted by Crippen LogP contribution is 2.32. The zero-order valence-electron chi connectivity index (χ0n) is 13.5. The molecule has 1 aromatic rings. The SMILES string of the molecule is CN(C(=O)NCC1CCOc2ccccc21)C1CCS(=O)CC1. The third-order valence-electron chi connectivity index (χ3n) is 4.81. The summed E-state index contributed by atoms with van der Waals surface area (Å²) in [5, 5.41) is 3.06. The summed E-state index contributed by atoms with van der Waals surface area (Å²) in [5.74, 6) is 2.64. The van der Waals surface area contributed by atoms with Crippen molar-refractivity contribution in [2.75, 3.05) is 31.7 Å². The minimum atomic E-state index is -0.695. The summed E-state index contributed by atoms with van der Waals surface area (Å²) >= 11 is 0. The van der Waals surface area contributed by atoms with Gasteiger partial charge in [0.1, 0.15) is 5.75 Å². The van der Waals surface area contributed by atoms with Gasteiger partial charge in [0.15, 0.2) is 0 Å². The first-order valence-electron chi connectivity index (χ1n) is 8.22. The van der Waals surface area contributed by atoms with Gasteiger partial charge in [-0.2, -0.15) is 0 Å². The molecule has 0 radical (unpaired) electrons. The molecular formula is C17H24N2O3S. The maximum absolute atomic E-state index is 12.4. The van der Waals surface area contributed by atoms with Crippen LogP contribution in [0.4, 0.5) is 4.79 Å². The number of urea groups is 1. The van der Waals surface area contributed by atoms with E-state index in [4.69, 9.17) is 4.74 Å². The highest BCUT2D eigenvalue weighted by molar-refractivity contribution is 7.85. The molecule has 23 heavy (non-hydrogen) atoms. The zero-order chi connectivity index (χ0) is 16.2. The number of rotatable bonds is 3. The average molecular weight is 336 g/mol. The second-order valence-electron chi connectivity index (χ2n) is 6.25. The van der Waals surface area contributed by atoms with Crippen molar-refractivity contribution < 1.29 is 13.7 Å². The van der Waals surface area contributed by atoms with Crippen LogP contribution in [0, 0.1) is 0 Å². The van der Waals surface area contributed by atoms with Gasteiger partial charge in [0.2, 0.25) is 0 Å². The Morgan fingerprint density at radius 2 is 2.04 bits per heavy atom. The van der Waals surface area contributed by atoms with Crippen molar-refractivity contribution in [1.82, 2.24) is 10.2 Å². The molecule has 0 aromatic heterocycles. The quantitative estimate of drug-likeness (QED) is 0.920. The van der Waals surface area contributed by atoms with E-state index in [1.807, 2.05) is 25.2 Å². The summed E-state index contributed by atoms with van der Waals surface area (Å²) in [6.45, 7) is 1.32. The van der Waals surface area contributed by atoms with Crippen molar-refractivity contribution in [2.45, 2.75) is 31.2 Å². The number of para-hydroxylation sites is 1. The molecule has 3 rings (SSSR count). The van der Waals surface area contributed by atoms with Gasteiger partial charge in [-0.3, -0.25) is 4.21 Å². The standard InChI is InChI=1S/C17H24N2O3S/c1-19(14-7-10-23(21)11-8-14)17(20)18-12-13-6-9-22-16-5-3-2-4-15(13)16/h2-5,13-14H,6-12H2,1H3,(H,18,20). The summed E-state index contributed by atoms with van der Waals surface area (Å²) in [7, 11) is 1.14. The highest BCUT2D eigenvalue weighted by Gasteiger charge is 2.26. The second kappa shape index (κ2) is 7.34. The van der Waals surface area contributed by atoms with Crippen LogP contribution in [0.3, 0.4) is 0 Å². The van der Waals surface area contributed by atoms with Crippen LogP contribution in [-0.4, -0.2) is 52.9 Å². The van der Waals surface area contributed by atoms with Crippen LogP contribution >= 0.6 is 0 Å². The molecule has 0 aliphatic carbocycles. The minimum Gasteiger partial charge on any atom is -0.493 e. The predicted octanol–water partition coefficient (Wildman–Crippen LogP) is 2.11. The molecule has 2 heterocycles. The molecule has 6 heteroatoms. The van der Waals surface area contributed by atoms with E-state index < -0.39 is 10.8 Å². The van der Waals surface area contributed by atoms with Crippen LogP contribution in [0.25, 0.3) is 0 Å². The first-order chi connectivity index (χ1) is 11.1. The molecule has 1 unspecified atom stereocenters. The van der Waals surface area contributed by atoms with Gasteiger partial charge in [-0.25, -0.2) is 4.79 Å². The third kappa shape index (κ3) is 3.86. The van der Waals surface area contributed by atoms with Gasteiger partial charge in [-0.05, 0) is 30.9 Å². The van der Waals surface area contributed by atoms with E-state index >= 15 is 0 Å². The Balaban J connectivity index is 1.54. The van der Waals surface area contributed by atoms with E-state index in [1.54, 1.807) is 4.90 Å². The summed E-state index contributed by atoms with van der Waals surface area (Å²) in [5.41, 5.74) is 1.18. The van der Waals surface area contributed by atoms with Gasteiger partial charge in [0, 0.05) is 47.9 Å². The molecule has 2 aliphatic heterocycles. The molecule has 1 saturated heterocycles. The lowest BCUT2D eigenvalue weighted by Gasteiger charge is -2.32. The number of hydrogen-bond acceptors (Lipinski definition) is 3. The van der Waals surface area contributed by atoms with E-state index in [0.29, 0.717) is 30.6 Å². The van der Waals surface area contributed by atoms with Gasteiger partial charge in [-0.15, -0.1) is 0 Å². The predicted molar refractivity (Wildman–Crippen MR) is 91.4 cm³/mol. The number of nitrogens with zero attached hydrogens (tertiary/aromatic N) is 1. The summed E-state index contributed by atoms with van der Waals surface area (Å²) in [6.07, 6.45) is 2.58. The molecule has 2 aliphatic rings. The Labute approximate surface area is 139 Å². The van der Waals surface area contributed by atoms with E-state index in [1.165, 1.54) is 5.56 Å². The molecule has 1 aromatic carbocycles. The Hall–Kier alpha value is -1.56. The smallest absolute Gasteiger partial charge is 0.317 e. The molecule has 0 spiro atoms. The van der Waals surface area contributed by atoms with Gasteiger partial charge in [0.05, 0.1) is 6.61 Å². The summed E-state index contributed by atoms with van der Waals surface area (Å²) < 4.78 is 17.1. The number of hydrogen-bond donors (Lipinski definition) is 1. The molecule has 5 nitrogen and oxygen atoms in total. The fourth-order valence-electron chi connectivity index (χ4n) is 3.30. The lowest BCUT2D eigenvalue weighted by atomic mass is 9.93. The minimum absolute atomic E-state index is 0.0355. The average Bonchev–Trinajstić information content (AvgIpc) is 2.59. The Kier molecular flexibility index (Phi) is 5.20. The van der Waals surface area contributed by atoms with Gasteiger partial charge in [0.25, 0.3) is 0 Å². The lowest BCUT2D eigenvalue weighted by molar-refractivity contribution is 0.184. The first-order valence-corrected chi connectivity index (χ1v) is 9.71. The van der Waals surface area contributed by atoms with Crippen LogP contribution < -0.4 is 10.1 Å². The van der Waals surface area contributed by atoms with Crippen molar-refractivity contribution in [3.63, 3.8) is 0 Å². The normalized spacial score (nSPS) is 26.7. The molecule has 1 atom stereocenters. The van der Waals surface area contributed by atoms with E-state index in [9.17, 15) is 9.00 Å². The van der Waals surface area contributed by atoms with E-state index in [0.717, 1.165) is 25.0 Å². The Morgan fingerprint density at radius 1 is 1.30 bits per heavy atom. The molecule has 1 fully saturated rings. The number of carbonyl (C=O) groups is 1.